The number of nitrogens with zero attached hydrogens (tertiary/aromatic N) is 4. The standard InChI is InChI=1S/C20H30N6O/c1-4-21-20(22-12-10-18-24-19(15(2)3)25-27-18)23-16-11-13-26(14-16)17-8-6-5-7-9-17/h5-9,15-16H,4,10-14H2,1-3H3,(H2,21,22,23). The van der Waals surface area contributed by atoms with Crippen LogP contribution in [0.2, 0.25) is 0 Å². The van der Waals surface area contributed by atoms with Crippen LogP contribution in [0.1, 0.15) is 44.8 Å². The van der Waals surface area contributed by atoms with E-state index in [4.69, 9.17) is 4.52 Å². The molecule has 0 aliphatic carbocycles. The summed E-state index contributed by atoms with van der Waals surface area (Å²) in [6, 6.07) is 10.9. The number of anilines is 1. The molecular weight excluding hydrogens is 340 g/mol. The second-order valence-electron chi connectivity index (χ2n) is 7.12. The van der Waals surface area contributed by atoms with Crippen molar-refractivity contribution in [1.29, 1.82) is 0 Å². The van der Waals surface area contributed by atoms with Crippen LogP contribution in [-0.2, 0) is 6.42 Å². The molecule has 1 atom stereocenters. The first-order valence-corrected chi connectivity index (χ1v) is 9.83. The van der Waals surface area contributed by atoms with Gasteiger partial charge in [-0.25, -0.2) is 0 Å². The molecular formula is C20H30N6O. The van der Waals surface area contributed by atoms with Crippen LogP contribution in [-0.4, -0.2) is 48.3 Å². The molecule has 1 aromatic carbocycles. The smallest absolute Gasteiger partial charge is 0.228 e. The van der Waals surface area contributed by atoms with E-state index in [0.717, 1.165) is 37.8 Å². The molecule has 1 unspecified atom stereocenters. The van der Waals surface area contributed by atoms with E-state index >= 15 is 0 Å². The molecule has 7 heteroatoms. The Morgan fingerprint density at radius 1 is 1.33 bits per heavy atom. The Balaban J connectivity index is 1.51. The van der Waals surface area contributed by atoms with Crippen LogP contribution in [0.25, 0.3) is 0 Å². The molecule has 27 heavy (non-hydrogen) atoms. The number of aliphatic imine (C=N–C) groups is 1. The van der Waals surface area contributed by atoms with Gasteiger partial charge in [0.25, 0.3) is 0 Å². The normalized spacial score (nSPS) is 17.6. The fourth-order valence-corrected chi connectivity index (χ4v) is 3.13. The molecule has 2 N–H and O–H groups in total. The van der Waals surface area contributed by atoms with Crippen molar-refractivity contribution in [3.8, 4) is 0 Å². The molecule has 2 heterocycles. The zero-order valence-electron chi connectivity index (χ0n) is 16.5. The Morgan fingerprint density at radius 2 is 2.15 bits per heavy atom. The van der Waals surface area contributed by atoms with Crippen LogP contribution in [0.4, 0.5) is 5.69 Å². The van der Waals surface area contributed by atoms with Crippen molar-refractivity contribution in [3.63, 3.8) is 0 Å². The Hall–Kier alpha value is -2.57. The van der Waals surface area contributed by atoms with Gasteiger partial charge in [-0.3, -0.25) is 4.99 Å². The third-order valence-electron chi connectivity index (χ3n) is 4.59. The zero-order chi connectivity index (χ0) is 19.1. The summed E-state index contributed by atoms with van der Waals surface area (Å²) in [6.45, 7) is 9.68. The Labute approximate surface area is 161 Å². The highest BCUT2D eigenvalue weighted by Crippen LogP contribution is 2.19. The Morgan fingerprint density at radius 3 is 2.85 bits per heavy atom. The van der Waals surface area contributed by atoms with Gasteiger partial charge in [-0.1, -0.05) is 37.2 Å². The van der Waals surface area contributed by atoms with Crippen LogP contribution < -0.4 is 15.5 Å². The molecule has 1 aliphatic heterocycles. The Bertz CT molecular complexity index is 727. The summed E-state index contributed by atoms with van der Waals surface area (Å²) in [4.78, 5) is 11.5. The largest absolute Gasteiger partial charge is 0.369 e. The third-order valence-corrected chi connectivity index (χ3v) is 4.59. The van der Waals surface area contributed by atoms with Crippen LogP contribution >= 0.6 is 0 Å². The summed E-state index contributed by atoms with van der Waals surface area (Å²) in [5, 5.41) is 10.9. The quantitative estimate of drug-likeness (QED) is 0.576. The van der Waals surface area contributed by atoms with E-state index in [-0.39, 0.29) is 5.92 Å². The average molecular weight is 371 g/mol. The lowest BCUT2D eigenvalue weighted by Crippen LogP contribution is -2.44. The highest BCUT2D eigenvalue weighted by atomic mass is 16.5. The zero-order valence-corrected chi connectivity index (χ0v) is 16.5. The monoisotopic (exact) mass is 370 g/mol. The lowest BCUT2D eigenvalue weighted by molar-refractivity contribution is 0.372. The number of benzene rings is 1. The highest BCUT2D eigenvalue weighted by molar-refractivity contribution is 5.80. The number of hydrogen-bond acceptors (Lipinski definition) is 5. The third kappa shape index (κ3) is 5.45. The maximum atomic E-state index is 5.29. The molecule has 146 valence electrons. The fraction of sp³-hybridized carbons (Fsp3) is 0.550. The molecule has 7 nitrogen and oxygen atoms in total. The summed E-state index contributed by atoms with van der Waals surface area (Å²) < 4.78 is 5.29. The number of hydrogen-bond donors (Lipinski definition) is 2. The average Bonchev–Trinajstić information content (AvgIpc) is 3.32. The molecule has 0 spiro atoms. The summed E-state index contributed by atoms with van der Waals surface area (Å²) in [5.41, 5.74) is 1.28. The minimum atomic E-state index is 0.278. The summed E-state index contributed by atoms with van der Waals surface area (Å²) in [5.74, 6) is 2.53. The second kappa shape index (κ2) is 9.39. The van der Waals surface area contributed by atoms with Gasteiger partial charge in [-0.15, -0.1) is 0 Å². The fourth-order valence-electron chi connectivity index (χ4n) is 3.13. The number of para-hydroxylation sites is 1. The Kier molecular flexibility index (Phi) is 6.68. The number of nitrogens with one attached hydrogen (secondary N) is 2. The molecule has 1 aromatic heterocycles. The van der Waals surface area contributed by atoms with E-state index in [0.29, 0.717) is 24.9 Å². The minimum Gasteiger partial charge on any atom is -0.369 e. The van der Waals surface area contributed by atoms with Gasteiger partial charge in [0.1, 0.15) is 0 Å². The summed E-state index contributed by atoms with van der Waals surface area (Å²) in [6.07, 6.45) is 1.75. The first kappa shape index (κ1) is 19.2. The van der Waals surface area contributed by atoms with Crippen LogP contribution in [0, 0.1) is 0 Å². The molecule has 0 amide bonds. The highest BCUT2D eigenvalue weighted by Gasteiger charge is 2.23. The minimum absolute atomic E-state index is 0.278. The van der Waals surface area contributed by atoms with Crippen LogP contribution in [0.15, 0.2) is 39.8 Å². The van der Waals surface area contributed by atoms with Crippen molar-refractivity contribution in [1.82, 2.24) is 20.8 Å². The maximum Gasteiger partial charge on any atom is 0.228 e. The van der Waals surface area contributed by atoms with E-state index in [2.05, 4.69) is 81.8 Å². The van der Waals surface area contributed by atoms with Gasteiger partial charge >= 0.3 is 0 Å². The topological polar surface area (TPSA) is 78.6 Å². The lowest BCUT2D eigenvalue weighted by atomic mass is 10.2. The van der Waals surface area contributed by atoms with E-state index in [1.807, 2.05) is 0 Å². The van der Waals surface area contributed by atoms with Gasteiger partial charge in [0.15, 0.2) is 11.8 Å². The van der Waals surface area contributed by atoms with Gasteiger partial charge in [0, 0.05) is 43.7 Å². The van der Waals surface area contributed by atoms with E-state index < -0.39 is 0 Å². The summed E-state index contributed by atoms with van der Waals surface area (Å²) in [7, 11) is 0. The van der Waals surface area contributed by atoms with E-state index in [9.17, 15) is 0 Å². The molecule has 1 saturated heterocycles. The predicted octanol–water partition coefficient (Wildman–Crippen LogP) is 2.57. The van der Waals surface area contributed by atoms with Crippen molar-refractivity contribution in [2.45, 2.75) is 45.6 Å². The molecule has 0 radical (unpaired) electrons. The molecule has 1 fully saturated rings. The van der Waals surface area contributed by atoms with Crippen molar-refractivity contribution in [2.24, 2.45) is 4.99 Å². The van der Waals surface area contributed by atoms with E-state index in [1.54, 1.807) is 0 Å². The first-order valence-electron chi connectivity index (χ1n) is 9.83. The first-order chi connectivity index (χ1) is 13.2. The SMILES string of the molecule is CCNC(=NCCc1nc(C(C)C)no1)NC1CCN(c2ccccc2)C1. The number of guanidine groups is 1. The molecule has 3 rings (SSSR count). The lowest BCUT2D eigenvalue weighted by Gasteiger charge is -2.20. The molecule has 0 saturated carbocycles. The summed E-state index contributed by atoms with van der Waals surface area (Å²) >= 11 is 0. The van der Waals surface area contributed by atoms with Crippen molar-refractivity contribution in [3.05, 3.63) is 42.0 Å². The van der Waals surface area contributed by atoms with Gasteiger partial charge in [0.05, 0.1) is 6.54 Å². The predicted molar refractivity (Wildman–Crippen MR) is 108 cm³/mol. The van der Waals surface area contributed by atoms with Crippen molar-refractivity contribution in [2.75, 3.05) is 31.1 Å². The van der Waals surface area contributed by atoms with Gasteiger partial charge in [-0.2, -0.15) is 4.98 Å². The molecule has 0 bridgehead atoms. The molecule has 1 aliphatic rings. The number of rotatable bonds is 7. The van der Waals surface area contributed by atoms with Crippen molar-refractivity contribution < 1.29 is 4.52 Å². The van der Waals surface area contributed by atoms with Gasteiger partial charge < -0.3 is 20.1 Å². The van der Waals surface area contributed by atoms with Crippen molar-refractivity contribution >= 4 is 11.6 Å². The molecule has 2 aromatic rings. The van der Waals surface area contributed by atoms with Crippen LogP contribution in [0.3, 0.4) is 0 Å². The second-order valence-corrected chi connectivity index (χ2v) is 7.12. The maximum absolute atomic E-state index is 5.29. The van der Waals surface area contributed by atoms with Gasteiger partial charge in [-0.05, 0) is 25.5 Å². The van der Waals surface area contributed by atoms with E-state index in [1.165, 1.54) is 5.69 Å². The van der Waals surface area contributed by atoms with Crippen LogP contribution in [0.5, 0.6) is 0 Å². The van der Waals surface area contributed by atoms with Gasteiger partial charge in [0.2, 0.25) is 5.89 Å². The number of aromatic nitrogens is 2.